The van der Waals surface area contributed by atoms with E-state index in [1.807, 2.05) is 0 Å². The molecular formula is C8H10F2O6S. The van der Waals surface area contributed by atoms with Crippen molar-refractivity contribution in [3.63, 3.8) is 0 Å². The van der Waals surface area contributed by atoms with Crippen molar-refractivity contribution in [2.45, 2.75) is 30.3 Å². The molecule has 0 amide bonds. The van der Waals surface area contributed by atoms with Crippen molar-refractivity contribution < 1.29 is 36.0 Å². The maximum atomic E-state index is 12.7. The number of hydrogen-bond donors (Lipinski definition) is 1. The Kier molecular flexibility index (Phi) is 2.87. The predicted octanol–water partition coefficient (Wildman–Crippen LogP) is 0.188. The van der Waals surface area contributed by atoms with Gasteiger partial charge in [0.1, 0.15) is 0 Å². The van der Waals surface area contributed by atoms with Gasteiger partial charge in [0.25, 0.3) is 0 Å². The number of epoxide rings is 1. The van der Waals surface area contributed by atoms with Gasteiger partial charge in [0.15, 0.2) is 6.61 Å². The smallest absolute Gasteiger partial charge is 0.402 e. The summed E-state index contributed by atoms with van der Waals surface area (Å²) in [5.74, 6) is -1.42. The number of hydrogen-bond acceptors (Lipinski definition) is 5. The Hall–Kier alpha value is -0.800. The molecule has 0 aromatic rings. The molecule has 9 heteroatoms. The first-order valence-electron chi connectivity index (χ1n) is 4.87. The van der Waals surface area contributed by atoms with Gasteiger partial charge in [-0.15, -0.1) is 0 Å². The Morgan fingerprint density at radius 1 is 1.41 bits per heavy atom. The summed E-state index contributed by atoms with van der Waals surface area (Å²) in [5, 5.41) is -4.47. The Labute approximate surface area is 95.6 Å². The number of alkyl halides is 2. The quantitative estimate of drug-likeness (QED) is 0.446. The highest BCUT2D eigenvalue weighted by molar-refractivity contribution is 7.86. The van der Waals surface area contributed by atoms with E-state index in [1.165, 1.54) is 0 Å². The molecule has 0 aromatic carbocycles. The van der Waals surface area contributed by atoms with Gasteiger partial charge in [0.2, 0.25) is 0 Å². The van der Waals surface area contributed by atoms with E-state index < -0.39 is 33.9 Å². The van der Waals surface area contributed by atoms with Crippen LogP contribution in [0.1, 0.15) is 12.8 Å². The highest BCUT2D eigenvalue weighted by Crippen LogP contribution is 2.42. The van der Waals surface area contributed by atoms with E-state index in [9.17, 15) is 22.0 Å². The van der Waals surface area contributed by atoms with E-state index >= 15 is 0 Å². The summed E-state index contributed by atoms with van der Waals surface area (Å²) in [4.78, 5) is 11.3. The molecule has 0 aromatic heterocycles. The number of ether oxygens (including phenoxy) is 2. The number of carbonyl (C=O) groups is 1. The second-order valence-corrected chi connectivity index (χ2v) is 5.65. The van der Waals surface area contributed by atoms with Crippen molar-refractivity contribution in [1.82, 2.24) is 0 Å². The minimum atomic E-state index is -5.56. The van der Waals surface area contributed by atoms with Crippen LogP contribution in [0.5, 0.6) is 0 Å². The van der Waals surface area contributed by atoms with Crippen LogP contribution in [0.15, 0.2) is 0 Å². The third-order valence-corrected chi connectivity index (χ3v) is 3.69. The van der Waals surface area contributed by atoms with Crippen molar-refractivity contribution in [3.8, 4) is 0 Å². The van der Waals surface area contributed by atoms with Crippen LogP contribution >= 0.6 is 0 Å². The minimum Gasteiger partial charge on any atom is -0.458 e. The molecule has 2 fully saturated rings. The van der Waals surface area contributed by atoms with Gasteiger partial charge in [-0.1, -0.05) is 0 Å². The first-order valence-corrected chi connectivity index (χ1v) is 6.31. The predicted molar refractivity (Wildman–Crippen MR) is 48.8 cm³/mol. The molecular weight excluding hydrogens is 262 g/mol. The van der Waals surface area contributed by atoms with Gasteiger partial charge in [0, 0.05) is 0 Å². The molecule has 1 aliphatic heterocycles. The first kappa shape index (κ1) is 12.7. The summed E-state index contributed by atoms with van der Waals surface area (Å²) >= 11 is 0. The van der Waals surface area contributed by atoms with Crippen LogP contribution in [-0.4, -0.2) is 43.0 Å². The maximum Gasteiger partial charge on any atom is 0.402 e. The average molecular weight is 272 g/mol. The summed E-state index contributed by atoms with van der Waals surface area (Å²) in [7, 11) is -5.56. The second-order valence-electron chi connectivity index (χ2n) is 4.10. The Bertz CT molecular complexity index is 423. The number of fused-ring (bicyclic) bond motifs is 1. The zero-order valence-electron chi connectivity index (χ0n) is 8.51. The third-order valence-electron chi connectivity index (χ3n) is 2.81. The Morgan fingerprint density at radius 2 is 1.94 bits per heavy atom. The SMILES string of the molecule is O=C(OCC(F)(F)S(=O)(=O)O)C1CC2OC2C1. The van der Waals surface area contributed by atoms with Crippen LogP contribution in [-0.2, 0) is 24.4 Å². The molecule has 6 nitrogen and oxygen atoms in total. The zero-order chi connectivity index (χ0) is 12.8. The van der Waals surface area contributed by atoms with Crippen LogP contribution in [0.2, 0.25) is 0 Å². The molecule has 1 aliphatic carbocycles. The Morgan fingerprint density at radius 3 is 2.41 bits per heavy atom. The van der Waals surface area contributed by atoms with Crippen molar-refractivity contribution in [3.05, 3.63) is 0 Å². The highest BCUT2D eigenvalue weighted by atomic mass is 32.2. The van der Waals surface area contributed by atoms with E-state index in [0.717, 1.165) is 0 Å². The van der Waals surface area contributed by atoms with Gasteiger partial charge in [-0.05, 0) is 12.8 Å². The van der Waals surface area contributed by atoms with Gasteiger partial charge in [-0.2, -0.15) is 17.2 Å². The van der Waals surface area contributed by atoms with Gasteiger partial charge in [-0.3, -0.25) is 9.35 Å². The van der Waals surface area contributed by atoms with Crippen LogP contribution in [0, 0.1) is 5.92 Å². The standard InChI is InChI=1S/C8H10F2O6S/c9-8(10,17(12,13)14)3-15-7(11)4-1-5-6(2-4)16-5/h4-6H,1-3H2,(H,12,13,14). The number of carbonyl (C=O) groups excluding carboxylic acids is 1. The fourth-order valence-electron chi connectivity index (χ4n) is 1.79. The topological polar surface area (TPSA) is 93.2 Å². The van der Waals surface area contributed by atoms with Crippen molar-refractivity contribution in [1.29, 1.82) is 0 Å². The maximum absolute atomic E-state index is 12.7. The lowest BCUT2D eigenvalue weighted by Gasteiger charge is -2.15. The number of rotatable bonds is 4. The van der Waals surface area contributed by atoms with E-state index in [2.05, 4.69) is 4.74 Å². The fraction of sp³-hybridized carbons (Fsp3) is 0.875. The third kappa shape index (κ3) is 2.55. The molecule has 2 rings (SSSR count). The van der Waals surface area contributed by atoms with Gasteiger partial charge in [0.05, 0.1) is 18.1 Å². The van der Waals surface area contributed by atoms with E-state index in [-0.39, 0.29) is 12.2 Å². The van der Waals surface area contributed by atoms with Crippen LogP contribution < -0.4 is 0 Å². The van der Waals surface area contributed by atoms with E-state index in [0.29, 0.717) is 12.8 Å². The average Bonchev–Trinajstić information content (AvgIpc) is 2.81. The summed E-state index contributed by atoms with van der Waals surface area (Å²) in [6, 6.07) is 0. The van der Waals surface area contributed by atoms with Crippen LogP contribution in [0.3, 0.4) is 0 Å². The fourth-order valence-corrected chi connectivity index (χ4v) is 2.00. The van der Waals surface area contributed by atoms with E-state index in [1.54, 1.807) is 0 Å². The summed E-state index contributed by atoms with van der Waals surface area (Å²) < 4.78 is 63.4. The van der Waals surface area contributed by atoms with Gasteiger partial charge < -0.3 is 9.47 Å². The molecule has 1 saturated heterocycles. The molecule has 98 valence electrons. The van der Waals surface area contributed by atoms with Crippen LogP contribution in [0.4, 0.5) is 8.78 Å². The van der Waals surface area contributed by atoms with Crippen molar-refractivity contribution in [2.24, 2.45) is 5.92 Å². The summed E-state index contributed by atoms with van der Waals surface area (Å²) in [6.07, 6.45) is 0.797. The molecule has 0 spiro atoms. The van der Waals surface area contributed by atoms with E-state index in [4.69, 9.17) is 9.29 Å². The van der Waals surface area contributed by atoms with Crippen LogP contribution in [0.25, 0.3) is 0 Å². The molecule has 1 heterocycles. The monoisotopic (exact) mass is 272 g/mol. The Balaban J connectivity index is 1.84. The molecule has 2 aliphatic rings. The first-order chi connectivity index (χ1) is 7.71. The minimum absolute atomic E-state index is 0.00497. The van der Waals surface area contributed by atoms with Crippen molar-refractivity contribution >= 4 is 16.1 Å². The zero-order valence-corrected chi connectivity index (χ0v) is 9.32. The molecule has 1 N–H and O–H groups in total. The summed E-state index contributed by atoms with van der Waals surface area (Å²) in [5.41, 5.74) is 0. The molecule has 0 bridgehead atoms. The van der Waals surface area contributed by atoms with Crippen molar-refractivity contribution in [2.75, 3.05) is 6.61 Å². The molecule has 2 unspecified atom stereocenters. The molecule has 1 saturated carbocycles. The normalized spacial score (nSPS) is 32.1. The number of halogens is 2. The lowest BCUT2D eigenvalue weighted by molar-refractivity contribution is -0.155. The largest absolute Gasteiger partial charge is 0.458 e. The molecule has 17 heavy (non-hydrogen) atoms. The number of esters is 1. The van der Waals surface area contributed by atoms with Gasteiger partial charge in [-0.25, -0.2) is 0 Å². The second kappa shape index (κ2) is 3.85. The lowest BCUT2D eigenvalue weighted by Crippen LogP contribution is -2.35. The van der Waals surface area contributed by atoms with Gasteiger partial charge >= 0.3 is 21.3 Å². The molecule has 2 atom stereocenters. The highest BCUT2D eigenvalue weighted by Gasteiger charge is 2.52. The molecule has 0 radical (unpaired) electrons. The lowest BCUT2D eigenvalue weighted by atomic mass is 10.1. The summed E-state index contributed by atoms with van der Waals surface area (Å²) in [6.45, 7) is -1.67.